The number of benzene rings is 3. The van der Waals surface area contributed by atoms with E-state index in [4.69, 9.17) is 28.9 Å². The molecule has 288 valence electrons. The smallest absolute Gasteiger partial charge is 0.410 e. The fourth-order valence-corrected chi connectivity index (χ4v) is 6.34. The van der Waals surface area contributed by atoms with Gasteiger partial charge in [-0.15, -0.1) is 0 Å². The zero-order valence-corrected chi connectivity index (χ0v) is 31.7. The lowest BCUT2D eigenvalue weighted by Gasteiger charge is -2.38. The predicted octanol–water partition coefficient (Wildman–Crippen LogP) is 6.47. The molecule has 3 amide bonds. The zero-order chi connectivity index (χ0) is 39.4. The van der Waals surface area contributed by atoms with Crippen LogP contribution in [0, 0.1) is 11.3 Å². The molecule has 0 spiro atoms. The van der Waals surface area contributed by atoms with Crippen LogP contribution in [0.1, 0.15) is 55.4 Å². The van der Waals surface area contributed by atoms with Crippen LogP contribution >= 0.6 is 0 Å². The summed E-state index contributed by atoms with van der Waals surface area (Å²) in [4.78, 5) is 46.4. The van der Waals surface area contributed by atoms with Crippen molar-refractivity contribution in [2.75, 3.05) is 39.2 Å². The highest BCUT2D eigenvalue weighted by Gasteiger charge is 2.36. The first-order valence-corrected chi connectivity index (χ1v) is 18.0. The second-order valence-corrected chi connectivity index (χ2v) is 14.0. The van der Waals surface area contributed by atoms with E-state index in [1.54, 1.807) is 41.4 Å². The van der Waals surface area contributed by atoms with Gasteiger partial charge in [-0.1, -0.05) is 60.7 Å². The number of pyridine rings is 1. The molecule has 0 radical (unpaired) electrons. The Kier molecular flexibility index (Phi) is 13.7. The van der Waals surface area contributed by atoms with E-state index in [-0.39, 0.29) is 25.6 Å². The van der Waals surface area contributed by atoms with Gasteiger partial charge in [0.1, 0.15) is 35.8 Å². The van der Waals surface area contributed by atoms with Crippen molar-refractivity contribution in [3.63, 3.8) is 0 Å². The molecule has 13 heteroatoms. The van der Waals surface area contributed by atoms with E-state index in [2.05, 4.69) is 21.7 Å². The average molecular weight is 750 g/mol. The van der Waals surface area contributed by atoms with E-state index < -0.39 is 47.9 Å². The number of rotatable bonds is 13. The lowest BCUT2D eigenvalue weighted by molar-refractivity contribution is -0.118. The Hall–Kier alpha value is -6.13. The summed E-state index contributed by atoms with van der Waals surface area (Å²) in [6.07, 6.45) is 0.311. The molecule has 0 saturated carbocycles. The molecular weight excluding hydrogens is 702 g/mol. The molecule has 55 heavy (non-hydrogen) atoms. The van der Waals surface area contributed by atoms with Gasteiger partial charge in [0.25, 0.3) is 0 Å². The van der Waals surface area contributed by atoms with Crippen LogP contribution in [0.4, 0.5) is 15.3 Å². The first kappa shape index (κ1) is 40.1. The van der Waals surface area contributed by atoms with E-state index in [9.17, 15) is 14.4 Å². The summed E-state index contributed by atoms with van der Waals surface area (Å²) in [7, 11) is 2.71. The van der Waals surface area contributed by atoms with Crippen molar-refractivity contribution in [1.82, 2.24) is 15.2 Å². The van der Waals surface area contributed by atoms with Gasteiger partial charge in [0, 0.05) is 12.1 Å². The van der Waals surface area contributed by atoms with Crippen LogP contribution in [-0.4, -0.2) is 85.7 Å². The number of hydrogen-bond acceptors (Lipinski definition) is 10. The van der Waals surface area contributed by atoms with Crippen molar-refractivity contribution in [2.45, 2.75) is 63.4 Å². The molecule has 1 aliphatic rings. The quantitative estimate of drug-likeness (QED) is 0.155. The van der Waals surface area contributed by atoms with Crippen LogP contribution in [0.15, 0.2) is 97.2 Å². The van der Waals surface area contributed by atoms with Crippen molar-refractivity contribution in [3.05, 3.63) is 119 Å². The van der Waals surface area contributed by atoms with Crippen molar-refractivity contribution in [2.24, 2.45) is 0 Å². The Balaban J connectivity index is 1.38. The summed E-state index contributed by atoms with van der Waals surface area (Å²) in [5, 5.41) is 14.9. The molecule has 5 rings (SSSR count). The molecule has 0 bridgehead atoms. The van der Waals surface area contributed by atoms with E-state index >= 15 is 0 Å². The van der Waals surface area contributed by atoms with Crippen LogP contribution in [0.5, 0.6) is 11.6 Å². The average Bonchev–Trinajstić information content (AvgIpc) is 3.19. The van der Waals surface area contributed by atoms with Gasteiger partial charge >= 0.3 is 12.2 Å². The van der Waals surface area contributed by atoms with Crippen molar-refractivity contribution in [3.8, 4) is 17.7 Å². The number of methoxy groups -OCH3 is 2. The number of alkyl carbamates (subject to hydrolysis) is 1. The standard InChI is InChI=1S/C42H47N5O8/c1-42(2,3)55-41(50)47-25-33(54-34(26-47)27-53-32-19-16-28(24-43)17-20-32)21-18-31-22-23-44-39(51-4)36(31)45-38(48)37(46-40(49)52-5)35(29-12-8-6-9-13-29)30-14-10-7-11-15-30/h6-17,19-20,22-23,33-35,37H,18,21,25-27H2,1-5H3,(H,45,48)(H,46,49)/t33-,34+,37+/m1/s1. The van der Waals surface area contributed by atoms with Gasteiger partial charge < -0.3 is 39.2 Å². The third kappa shape index (κ3) is 11.2. The molecule has 3 aromatic carbocycles. The van der Waals surface area contributed by atoms with Gasteiger partial charge in [-0.2, -0.15) is 5.26 Å². The summed E-state index contributed by atoms with van der Waals surface area (Å²) in [6.45, 7) is 6.12. The lowest BCUT2D eigenvalue weighted by atomic mass is 9.84. The van der Waals surface area contributed by atoms with Crippen LogP contribution in [0.3, 0.4) is 0 Å². The predicted molar refractivity (Wildman–Crippen MR) is 205 cm³/mol. The van der Waals surface area contributed by atoms with Gasteiger partial charge in [-0.3, -0.25) is 4.79 Å². The van der Waals surface area contributed by atoms with Crippen LogP contribution < -0.4 is 20.1 Å². The summed E-state index contributed by atoms with van der Waals surface area (Å²) >= 11 is 0. The van der Waals surface area contributed by atoms with Crippen molar-refractivity contribution in [1.29, 1.82) is 5.26 Å². The summed E-state index contributed by atoms with van der Waals surface area (Å²) in [5.74, 6) is -0.335. The third-order valence-electron chi connectivity index (χ3n) is 8.88. The molecule has 4 aromatic rings. The summed E-state index contributed by atoms with van der Waals surface area (Å²) < 4.78 is 28.7. The second-order valence-electron chi connectivity index (χ2n) is 14.0. The Morgan fingerprint density at radius 1 is 0.927 bits per heavy atom. The number of anilines is 1. The van der Waals surface area contributed by atoms with Gasteiger partial charge in [-0.05, 0) is 80.6 Å². The van der Waals surface area contributed by atoms with E-state index in [1.807, 2.05) is 81.4 Å². The first-order chi connectivity index (χ1) is 26.5. The SMILES string of the molecule is COC(=O)N[C@H](C(=O)Nc1c(CC[C@@H]2CN(C(=O)OC(C)(C)C)C[C@@H](COc3ccc(C#N)cc3)O2)ccnc1OC)C(c1ccccc1)c1ccccc1. The van der Waals surface area contributed by atoms with Crippen LogP contribution in [0.25, 0.3) is 0 Å². The number of nitrogens with one attached hydrogen (secondary N) is 2. The van der Waals surface area contributed by atoms with E-state index in [1.165, 1.54) is 14.2 Å². The number of morpholine rings is 1. The molecule has 2 N–H and O–H groups in total. The number of nitrogens with zero attached hydrogens (tertiary/aromatic N) is 3. The summed E-state index contributed by atoms with van der Waals surface area (Å²) in [5.41, 5.74) is 2.49. The molecule has 1 fully saturated rings. The van der Waals surface area contributed by atoms with Gasteiger partial charge in [0.15, 0.2) is 0 Å². The molecule has 1 aliphatic heterocycles. The fraction of sp³-hybridized carbons (Fsp3) is 0.357. The Bertz CT molecular complexity index is 1890. The zero-order valence-electron chi connectivity index (χ0n) is 31.7. The minimum absolute atomic E-state index is 0.157. The monoisotopic (exact) mass is 749 g/mol. The number of hydrogen-bond donors (Lipinski definition) is 2. The number of aromatic nitrogens is 1. The number of aryl methyl sites for hydroxylation is 1. The first-order valence-electron chi connectivity index (χ1n) is 18.0. The molecule has 13 nitrogen and oxygen atoms in total. The minimum Gasteiger partial charge on any atom is -0.491 e. The Labute approximate surface area is 321 Å². The highest BCUT2D eigenvalue weighted by Crippen LogP contribution is 2.32. The molecule has 1 saturated heterocycles. The van der Waals surface area contributed by atoms with E-state index in [0.717, 1.165) is 11.1 Å². The molecule has 0 aliphatic carbocycles. The number of nitriles is 1. The van der Waals surface area contributed by atoms with Crippen molar-refractivity contribution >= 4 is 23.8 Å². The third-order valence-corrected chi connectivity index (χ3v) is 8.88. The summed E-state index contributed by atoms with van der Waals surface area (Å²) in [6, 6.07) is 28.4. The molecule has 1 aromatic heterocycles. The molecular formula is C42H47N5O8. The maximum absolute atomic E-state index is 14.4. The number of carbonyl (C=O) groups excluding carboxylic acids is 3. The normalized spacial score (nSPS) is 16.0. The van der Waals surface area contributed by atoms with Crippen LogP contribution in [-0.2, 0) is 25.4 Å². The molecule has 0 unspecified atom stereocenters. The largest absolute Gasteiger partial charge is 0.491 e. The fourth-order valence-electron chi connectivity index (χ4n) is 6.34. The highest BCUT2D eigenvalue weighted by molar-refractivity contribution is 5.99. The van der Waals surface area contributed by atoms with Crippen LogP contribution in [0.2, 0.25) is 0 Å². The van der Waals surface area contributed by atoms with E-state index in [0.29, 0.717) is 35.4 Å². The Morgan fingerprint density at radius 2 is 1.56 bits per heavy atom. The van der Waals surface area contributed by atoms with Crippen molar-refractivity contribution < 1.29 is 38.1 Å². The van der Waals surface area contributed by atoms with Gasteiger partial charge in [-0.25, -0.2) is 14.6 Å². The highest BCUT2D eigenvalue weighted by atomic mass is 16.6. The topological polar surface area (TPSA) is 161 Å². The lowest BCUT2D eigenvalue weighted by Crippen LogP contribution is -2.53. The maximum Gasteiger partial charge on any atom is 0.410 e. The minimum atomic E-state index is -1.10. The van der Waals surface area contributed by atoms with Gasteiger partial charge in [0.2, 0.25) is 11.8 Å². The number of ether oxygens (including phenoxy) is 5. The molecule has 2 heterocycles. The Morgan fingerprint density at radius 3 is 2.15 bits per heavy atom. The number of carbonyl (C=O) groups is 3. The second kappa shape index (κ2) is 18.8. The maximum atomic E-state index is 14.4. The number of amides is 3. The molecule has 3 atom stereocenters. The van der Waals surface area contributed by atoms with Gasteiger partial charge in [0.05, 0.1) is 45.0 Å².